The van der Waals surface area contributed by atoms with Crippen LogP contribution in [0.3, 0.4) is 0 Å². The Morgan fingerprint density at radius 2 is 1.92 bits per heavy atom. The molecule has 0 aliphatic heterocycles. The van der Waals surface area contributed by atoms with Crippen molar-refractivity contribution in [3.63, 3.8) is 0 Å². The summed E-state index contributed by atoms with van der Waals surface area (Å²) in [6.07, 6.45) is 1.61. The number of imidazole rings is 1. The van der Waals surface area contributed by atoms with Crippen LogP contribution in [-0.2, 0) is 0 Å². The number of rotatable bonds is 2. The summed E-state index contributed by atoms with van der Waals surface area (Å²) < 4.78 is 13.6. The molecule has 0 aliphatic rings. The summed E-state index contributed by atoms with van der Waals surface area (Å²) in [6, 6.07) is 12.1. The van der Waals surface area contributed by atoms with Crippen molar-refractivity contribution in [2.75, 3.05) is 0 Å². The van der Waals surface area contributed by atoms with E-state index in [-0.39, 0.29) is 5.82 Å². The number of hydrogen-bond donors (Lipinski definition) is 1. The minimum atomic E-state index is -0.276. The third kappa shape index (κ3) is 2.74. The van der Waals surface area contributed by atoms with Crippen LogP contribution >= 0.6 is 11.6 Å². The van der Waals surface area contributed by atoms with Crippen molar-refractivity contribution < 1.29 is 4.39 Å². The van der Waals surface area contributed by atoms with E-state index in [1.165, 1.54) is 12.1 Å². The van der Waals surface area contributed by atoms with Gasteiger partial charge < -0.3 is 4.98 Å². The standard InChI is InChI=1S/C18H12ClFN4/c1-10-4-11(6-14(20)5-10)12-7-17(24-21-9-12)18-22-15-3-2-13(19)8-16(15)23-18/h2-9H,1H3,(H,22,23). The molecule has 4 nitrogen and oxygen atoms in total. The lowest BCUT2D eigenvalue weighted by Crippen LogP contribution is -1.91. The second-order valence-corrected chi connectivity index (χ2v) is 6.03. The molecule has 0 unspecified atom stereocenters. The minimum Gasteiger partial charge on any atom is -0.337 e. The van der Waals surface area contributed by atoms with Gasteiger partial charge in [0.2, 0.25) is 0 Å². The van der Waals surface area contributed by atoms with Gasteiger partial charge in [0.15, 0.2) is 5.82 Å². The van der Waals surface area contributed by atoms with Crippen LogP contribution in [0.25, 0.3) is 33.7 Å². The maximum atomic E-state index is 13.6. The van der Waals surface area contributed by atoms with Gasteiger partial charge in [-0.2, -0.15) is 5.10 Å². The molecule has 0 fully saturated rings. The normalized spacial score (nSPS) is 11.1. The molecule has 0 atom stereocenters. The Bertz CT molecular complexity index is 1040. The average molecular weight is 339 g/mol. The molecule has 0 saturated heterocycles. The third-order valence-electron chi connectivity index (χ3n) is 3.72. The van der Waals surface area contributed by atoms with Crippen LogP contribution in [0.4, 0.5) is 4.39 Å². The number of nitrogens with one attached hydrogen (secondary N) is 1. The number of H-pyrrole nitrogens is 1. The predicted octanol–water partition coefficient (Wildman–Crippen LogP) is 4.79. The molecule has 118 valence electrons. The SMILES string of the molecule is Cc1cc(F)cc(-c2cnnc(-c3nc4cc(Cl)ccc4[nH]3)c2)c1. The van der Waals surface area contributed by atoms with E-state index in [4.69, 9.17) is 11.6 Å². The molecule has 4 aromatic rings. The van der Waals surface area contributed by atoms with Crippen LogP contribution in [0, 0.1) is 12.7 Å². The Kier molecular flexibility index (Phi) is 3.50. The molecule has 0 amide bonds. The van der Waals surface area contributed by atoms with E-state index in [1.54, 1.807) is 18.3 Å². The first-order chi connectivity index (χ1) is 11.6. The van der Waals surface area contributed by atoms with Gasteiger partial charge in [-0.3, -0.25) is 0 Å². The van der Waals surface area contributed by atoms with Crippen molar-refractivity contribution in [3.05, 3.63) is 65.1 Å². The maximum Gasteiger partial charge on any atom is 0.159 e. The summed E-state index contributed by atoms with van der Waals surface area (Å²) in [4.78, 5) is 7.69. The largest absolute Gasteiger partial charge is 0.337 e. The fourth-order valence-corrected chi connectivity index (χ4v) is 2.81. The fourth-order valence-electron chi connectivity index (χ4n) is 2.64. The number of aryl methyl sites for hydroxylation is 1. The third-order valence-corrected chi connectivity index (χ3v) is 3.95. The maximum absolute atomic E-state index is 13.6. The number of benzene rings is 2. The summed E-state index contributed by atoms with van der Waals surface area (Å²) in [5, 5.41) is 8.77. The molecule has 4 rings (SSSR count). The van der Waals surface area contributed by atoms with Crippen LogP contribution < -0.4 is 0 Å². The highest BCUT2D eigenvalue weighted by atomic mass is 35.5. The van der Waals surface area contributed by atoms with Gasteiger partial charge in [0, 0.05) is 10.6 Å². The molecule has 0 aliphatic carbocycles. The molecule has 0 bridgehead atoms. The van der Waals surface area contributed by atoms with Gasteiger partial charge in [0.05, 0.1) is 17.2 Å². The van der Waals surface area contributed by atoms with E-state index in [9.17, 15) is 4.39 Å². The predicted molar refractivity (Wildman–Crippen MR) is 92.3 cm³/mol. The molecule has 2 heterocycles. The van der Waals surface area contributed by atoms with Crippen molar-refractivity contribution in [1.82, 2.24) is 20.2 Å². The highest BCUT2D eigenvalue weighted by Crippen LogP contribution is 2.26. The van der Waals surface area contributed by atoms with Gasteiger partial charge in [-0.05, 0) is 54.4 Å². The van der Waals surface area contributed by atoms with Crippen LogP contribution in [0.15, 0.2) is 48.7 Å². The number of fused-ring (bicyclic) bond motifs is 1. The fraction of sp³-hybridized carbons (Fsp3) is 0.0556. The minimum absolute atomic E-state index is 0.276. The Hall–Kier alpha value is -2.79. The first-order valence-electron chi connectivity index (χ1n) is 7.34. The van der Waals surface area contributed by atoms with E-state index in [0.29, 0.717) is 16.5 Å². The molecule has 1 N–H and O–H groups in total. The zero-order valence-corrected chi connectivity index (χ0v) is 13.5. The molecule has 2 aromatic heterocycles. The van der Waals surface area contributed by atoms with Gasteiger partial charge in [0.25, 0.3) is 0 Å². The molecule has 0 radical (unpaired) electrons. The van der Waals surface area contributed by atoms with Gasteiger partial charge >= 0.3 is 0 Å². The van der Waals surface area contributed by atoms with Crippen LogP contribution in [0.2, 0.25) is 5.02 Å². The molecule has 6 heteroatoms. The van der Waals surface area contributed by atoms with Gasteiger partial charge in [-0.1, -0.05) is 17.7 Å². The second-order valence-electron chi connectivity index (χ2n) is 5.59. The summed E-state index contributed by atoms with van der Waals surface area (Å²) >= 11 is 5.99. The second kappa shape index (κ2) is 5.69. The molecule has 2 aromatic carbocycles. The first-order valence-corrected chi connectivity index (χ1v) is 7.72. The topological polar surface area (TPSA) is 54.5 Å². The first kappa shape index (κ1) is 14.8. The zero-order valence-electron chi connectivity index (χ0n) is 12.7. The van der Waals surface area contributed by atoms with Crippen molar-refractivity contribution in [2.45, 2.75) is 6.92 Å². The van der Waals surface area contributed by atoms with E-state index in [0.717, 1.165) is 27.7 Å². The van der Waals surface area contributed by atoms with Crippen molar-refractivity contribution >= 4 is 22.6 Å². The monoisotopic (exact) mass is 338 g/mol. The summed E-state index contributed by atoms with van der Waals surface area (Å²) in [6.45, 7) is 1.85. The van der Waals surface area contributed by atoms with Crippen molar-refractivity contribution in [2.24, 2.45) is 0 Å². The van der Waals surface area contributed by atoms with E-state index < -0.39 is 0 Å². The van der Waals surface area contributed by atoms with Gasteiger partial charge in [-0.25, -0.2) is 9.37 Å². The summed E-state index contributed by atoms with van der Waals surface area (Å²) in [5.74, 6) is 0.316. The number of halogens is 2. The van der Waals surface area contributed by atoms with E-state index in [1.807, 2.05) is 25.1 Å². The highest BCUT2D eigenvalue weighted by Gasteiger charge is 2.10. The van der Waals surface area contributed by atoms with Crippen LogP contribution in [0.5, 0.6) is 0 Å². The summed E-state index contributed by atoms with van der Waals surface area (Å²) in [5.41, 5.74) is 4.59. The van der Waals surface area contributed by atoms with Crippen LogP contribution in [0.1, 0.15) is 5.56 Å². The lowest BCUT2D eigenvalue weighted by Gasteiger charge is -2.04. The Morgan fingerprint density at radius 1 is 1.04 bits per heavy atom. The van der Waals surface area contributed by atoms with Gasteiger partial charge in [-0.15, -0.1) is 5.10 Å². The lowest BCUT2D eigenvalue weighted by atomic mass is 10.0. The number of aromatic amines is 1. The van der Waals surface area contributed by atoms with Crippen molar-refractivity contribution in [3.8, 4) is 22.6 Å². The Labute approximate surface area is 142 Å². The van der Waals surface area contributed by atoms with E-state index >= 15 is 0 Å². The highest BCUT2D eigenvalue weighted by molar-refractivity contribution is 6.31. The van der Waals surface area contributed by atoms with Crippen molar-refractivity contribution in [1.29, 1.82) is 0 Å². The molecular weight excluding hydrogens is 327 g/mol. The number of nitrogens with zero attached hydrogens (tertiary/aromatic N) is 3. The lowest BCUT2D eigenvalue weighted by molar-refractivity contribution is 0.627. The Balaban J connectivity index is 1.81. The summed E-state index contributed by atoms with van der Waals surface area (Å²) in [7, 11) is 0. The average Bonchev–Trinajstić information content (AvgIpc) is 2.97. The quantitative estimate of drug-likeness (QED) is 0.572. The zero-order chi connectivity index (χ0) is 16.7. The molecular formula is C18H12ClFN4. The van der Waals surface area contributed by atoms with E-state index in [2.05, 4.69) is 20.2 Å². The number of aromatic nitrogens is 4. The van der Waals surface area contributed by atoms with Crippen LogP contribution in [-0.4, -0.2) is 20.2 Å². The smallest absolute Gasteiger partial charge is 0.159 e. The van der Waals surface area contributed by atoms with Gasteiger partial charge in [0.1, 0.15) is 11.5 Å². The Morgan fingerprint density at radius 3 is 2.75 bits per heavy atom. The molecule has 0 spiro atoms. The molecule has 24 heavy (non-hydrogen) atoms. The molecule has 0 saturated carbocycles. The number of hydrogen-bond acceptors (Lipinski definition) is 3.